The van der Waals surface area contributed by atoms with E-state index >= 15 is 0 Å². The number of hydrogen-bond acceptors (Lipinski definition) is 7. The van der Waals surface area contributed by atoms with Crippen molar-refractivity contribution in [3.8, 4) is 5.75 Å². The van der Waals surface area contributed by atoms with Gasteiger partial charge in [0.2, 0.25) is 5.76 Å². The van der Waals surface area contributed by atoms with Gasteiger partial charge in [0.1, 0.15) is 17.2 Å². The van der Waals surface area contributed by atoms with Crippen LogP contribution in [0.5, 0.6) is 5.75 Å². The first-order chi connectivity index (χ1) is 13.9. The topological polar surface area (TPSA) is 135 Å². The summed E-state index contributed by atoms with van der Waals surface area (Å²) >= 11 is 0. The van der Waals surface area contributed by atoms with Crippen LogP contribution in [0.1, 0.15) is 21.9 Å². The van der Waals surface area contributed by atoms with Crippen molar-refractivity contribution >= 4 is 30.0 Å². The summed E-state index contributed by atoms with van der Waals surface area (Å²) in [6, 6.07) is 8.66. The maximum atomic E-state index is 12.6. The molecule has 29 heavy (non-hydrogen) atoms. The van der Waals surface area contributed by atoms with Gasteiger partial charge in [-0.2, -0.15) is 0 Å². The zero-order valence-corrected chi connectivity index (χ0v) is 15.2. The van der Waals surface area contributed by atoms with Gasteiger partial charge in [-0.3, -0.25) is 9.69 Å². The highest BCUT2D eigenvalue weighted by Crippen LogP contribution is 2.23. The lowest BCUT2D eigenvalue weighted by molar-refractivity contribution is -0.139. The highest BCUT2D eigenvalue weighted by atomic mass is 16.5. The summed E-state index contributed by atoms with van der Waals surface area (Å²) in [7, 11) is 1.21. The average molecular weight is 400 g/mol. The summed E-state index contributed by atoms with van der Waals surface area (Å²) in [4.78, 5) is 47.9. The number of carboxylic acids is 1. The number of rotatable bonds is 7. The first kappa shape index (κ1) is 19.7. The largest absolute Gasteiger partial charge is 0.481 e. The highest BCUT2D eigenvalue weighted by molar-refractivity contribution is 6.14. The number of methoxy groups -OCH3 is 1. The summed E-state index contributed by atoms with van der Waals surface area (Å²) in [5.74, 6) is -2.01. The Morgan fingerprint density at radius 2 is 1.97 bits per heavy atom. The molecule has 0 unspecified atom stereocenters. The molecule has 10 nitrogen and oxygen atoms in total. The zero-order valence-electron chi connectivity index (χ0n) is 15.2. The molecule has 1 saturated heterocycles. The minimum Gasteiger partial charge on any atom is -0.481 e. The summed E-state index contributed by atoms with van der Waals surface area (Å²) in [6.07, 6.45) is 1.39. The molecule has 1 aromatic heterocycles. The number of benzene rings is 1. The van der Waals surface area contributed by atoms with Crippen LogP contribution in [0, 0.1) is 0 Å². The minimum atomic E-state index is -1.14. The van der Waals surface area contributed by atoms with E-state index in [1.165, 1.54) is 25.3 Å². The van der Waals surface area contributed by atoms with Crippen LogP contribution in [0.25, 0.3) is 6.08 Å². The molecule has 2 N–H and O–H groups in total. The number of nitrogens with one attached hydrogen (secondary N) is 1. The van der Waals surface area contributed by atoms with Gasteiger partial charge in [0.05, 0.1) is 13.7 Å². The number of carboxylic acid groups (broad SMARTS) is 1. The van der Waals surface area contributed by atoms with E-state index in [-0.39, 0.29) is 29.5 Å². The van der Waals surface area contributed by atoms with Crippen LogP contribution in [0.3, 0.4) is 0 Å². The SMILES string of the molecule is COC(=O)c1ccc(CN2C(=O)N/C(=C\c3ccccc3OCC(=O)O)C2=O)o1. The lowest BCUT2D eigenvalue weighted by atomic mass is 10.1. The molecule has 2 heterocycles. The fraction of sp³-hybridized carbons (Fsp3) is 0.158. The Bertz CT molecular complexity index is 1010. The van der Waals surface area contributed by atoms with E-state index in [1.807, 2.05) is 0 Å². The third-order valence-electron chi connectivity index (χ3n) is 3.89. The standard InChI is InChI=1S/C19H16N2O8/c1-27-18(25)15-7-6-12(29-15)9-21-17(24)13(20-19(21)26)8-11-4-2-3-5-14(11)28-10-16(22)23/h2-8H,9-10H2,1H3,(H,20,26)(H,22,23)/b13-8-. The van der Waals surface area contributed by atoms with Crippen molar-refractivity contribution < 1.29 is 38.2 Å². The number of para-hydroxylation sites is 1. The Labute approximate surface area is 164 Å². The number of hydrogen-bond donors (Lipinski definition) is 2. The van der Waals surface area contributed by atoms with Crippen LogP contribution in [0.2, 0.25) is 0 Å². The maximum Gasteiger partial charge on any atom is 0.373 e. The lowest BCUT2D eigenvalue weighted by Crippen LogP contribution is -2.30. The van der Waals surface area contributed by atoms with Crippen LogP contribution < -0.4 is 10.1 Å². The number of amides is 3. The van der Waals surface area contributed by atoms with E-state index < -0.39 is 30.5 Å². The third-order valence-corrected chi connectivity index (χ3v) is 3.89. The van der Waals surface area contributed by atoms with Gasteiger partial charge in [0.15, 0.2) is 6.61 Å². The van der Waals surface area contributed by atoms with Gasteiger partial charge in [-0.1, -0.05) is 18.2 Å². The maximum absolute atomic E-state index is 12.6. The van der Waals surface area contributed by atoms with Crippen LogP contribution in [0.15, 0.2) is 46.5 Å². The molecular formula is C19H16N2O8. The van der Waals surface area contributed by atoms with Crippen molar-refractivity contribution in [2.75, 3.05) is 13.7 Å². The summed E-state index contributed by atoms with van der Waals surface area (Å²) in [5.41, 5.74) is 0.409. The number of urea groups is 1. The monoisotopic (exact) mass is 400 g/mol. The van der Waals surface area contributed by atoms with E-state index in [0.29, 0.717) is 5.56 Å². The molecule has 0 aliphatic carbocycles. The number of esters is 1. The van der Waals surface area contributed by atoms with Gasteiger partial charge in [0.25, 0.3) is 5.91 Å². The smallest absolute Gasteiger partial charge is 0.373 e. The minimum absolute atomic E-state index is 0.0128. The van der Waals surface area contributed by atoms with Gasteiger partial charge in [-0.15, -0.1) is 0 Å². The second-order valence-electron chi connectivity index (χ2n) is 5.86. The predicted octanol–water partition coefficient (Wildman–Crippen LogP) is 1.62. The lowest BCUT2D eigenvalue weighted by Gasteiger charge is -2.09. The van der Waals surface area contributed by atoms with Crippen molar-refractivity contribution in [2.24, 2.45) is 0 Å². The number of carbonyl (C=O) groups excluding carboxylic acids is 3. The molecule has 0 bridgehead atoms. The molecule has 0 atom stereocenters. The van der Waals surface area contributed by atoms with E-state index in [4.69, 9.17) is 14.3 Å². The van der Waals surface area contributed by atoms with E-state index in [1.54, 1.807) is 24.3 Å². The van der Waals surface area contributed by atoms with Crippen LogP contribution in [0.4, 0.5) is 4.79 Å². The predicted molar refractivity (Wildman–Crippen MR) is 96.7 cm³/mol. The van der Waals surface area contributed by atoms with Crippen LogP contribution >= 0.6 is 0 Å². The van der Waals surface area contributed by atoms with E-state index in [9.17, 15) is 19.2 Å². The van der Waals surface area contributed by atoms with Crippen molar-refractivity contribution in [1.29, 1.82) is 0 Å². The van der Waals surface area contributed by atoms with Gasteiger partial charge >= 0.3 is 18.0 Å². The molecule has 3 rings (SSSR count). The number of furan rings is 1. The number of imide groups is 1. The van der Waals surface area contributed by atoms with E-state index in [2.05, 4.69) is 10.1 Å². The quantitative estimate of drug-likeness (QED) is 0.407. The molecule has 0 spiro atoms. The molecule has 1 aromatic carbocycles. The molecule has 10 heteroatoms. The van der Waals surface area contributed by atoms with Crippen LogP contribution in [-0.2, 0) is 20.9 Å². The summed E-state index contributed by atoms with van der Waals surface area (Å²) in [6.45, 7) is -0.732. The number of nitrogens with zero attached hydrogens (tertiary/aromatic N) is 1. The molecule has 150 valence electrons. The Morgan fingerprint density at radius 1 is 1.21 bits per heavy atom. The van der Waals surface area contributed by atoms with Crippen molar-refractivity contribution in [3.63, 3.8) is 0 Å². The third kappa shape index (κ3) is 4.43. The molecule has 0 saturated carbocycles. The first-order valence-corrected chi connectivity index (χ1v) is 8.34. The second kappa shape index (κ2) is 8.30. The summed E-state index contributed by atoms with van der Waals surface area (Å²) in [5, 5.41) is 11.2. The number of ether oxygens (including phenoxy) is 2. The zero-order chi connectivity index (χ0) is 21.0. The molecule has 2 aromatic rings. The summed E-state index contributed by atoms with van der Waals surface area (Å²) < 4.78 is 15.0. The fourth-order valence-electron chi connectivity index (χ4n) is 2.57. The molecule has 0 radical (unpaired) electrons. The Balaban J connectivity index is 1.78. The highest BCUT2D eigenvalue weighted by Gasteiger charge is 2.34. The van der Waals surface area contributed by atoms with Gasteiger partial charge in [0, 0.05) is 5.56 Å². The second-order valence-corrected chi connectivity index (χ2v) is 5.86. The van der Waals surface area contributed by atoms with E-state index in [0.717, 1.165) is 4.90 Å². The Hall–Kier alpha value is -4.08. The van der Waals surface area contributed by atoms with Gasteiger partial charge < -0.3 is 24.3 Å². The Morgan fingerprint density at radius 3 is 2.69 bits per heavy atom. The van der Waals surface area contributed by atoms with Gasteiger partial charge in [-0.05, 0) is 24.3 Å². The number of aliphatic carboxylic acids is 1. The van der Waals surface area contributed by atoms with Crippen molar-refractivity contribution in [2.45, 2.75) is 6.54 Å². The molecule has 3 amide bonds. The number of carbonyl (C=O) groups is 4. The molecule has 1 aliphatic heterocycles. The van der Waals surface area contributed by atoms with Crippen molar-refractivity contribution in [1.82, 2.24) is 10.2 Å². The van der Waals surface area contributed by atoms with Crippen molar-refractivity contribution in [3.05, 3.63) is 59.2 Å². The molecule has 1 fully saturated rings. The van der Waals surface area contributed by atoms with Gasteiger partial charge in [-0.25, -0.2) is 14.4 Å². The molecule has 1 aliphatic rings. The molecular weight excluding hydrogens is 384 g/mol. The Kier molecular flexibility index (Phi) is 5.63. The van der Waals surface area contributed by atoms with Crippen LogP contribution in [-0.4, -0.2) is 47.6 Å². The first-order valence-electron chi connectivity index (χ1n) is 8.34. The normalized spacial score (nSPS) is 14.8. The fourth-order valence-corrected chi connectivity index (χ4v) is 2.57. The average Bonchev–Trinajstić information content (AvgIpc) is 3.27.